The van der Waals surface area contributed by atoms with Crippen molar-refractivity contribution in [3.8, 4) is 0 Å². The number of para-hydroxylation sites is 1. The standard InChI is InChI=1S/C44H43F5N6O4/c1-23-12-29-28-4-2-3-5-34(28)50-38(29)39(54(23)22-44(47,48)49)37-32(45)17-27(18-33(37)46)53-10-8-43(9-11-53)20-52(21-43)19-24-13-25-15-30-31(16-26(25)14-24)42(59)55(41(30)58)35-6-7-36(56)51-40(35)57/h2-5,15-18,23-24,35,39,50H,6-14,19-22H2,1H3,(H,51,56,57)/t23-,35?,39-/m1/s1. The van der Waals surface area contributed by atoms with Crippen LogP contribution in [0.5, 0.6) is 0 Å². The van der Waals surface area contributed by atoms with E-state index in [-0.39, 0.29) is 23.8 Å². The number of aromatic amines is 1. The molecule has 5 aliphatic heterocycles. The number of piperidine rings is 2. The third-order valence-electron chi connectivity index (χ3n) is 13.8. The Labute approximate surface area is 336 Å². The normalized spacial score (nSPS) is 24.8. The minimum absolute atomic E-state index is 0.0677. The number of carbonyl (C=O) groups is 4. The zero-order chi connectivity index (χ0) is 41.1. The number of alkyl halides is 3. The lowest BCUT2D eigenvalue weighted by Gasteiger charge is -2.55. The van der Waals surface area contributed by atoms with Gasteiger partial charge in [0.25, 0.3) is 11.8 Å². The Morgan fingerprint density at radius 3 is 2.14 bits per heavy atom. The molecule has 10 rings (SSSR count). The molecule has 0 bridgehead atoms. The van der Waals surface area contributed by atoms with E-state index in [2.05, 4.69) is 15.2 Å². The van der Waals surface area contributed by atoms with Gasteiger partial charge in [-0.15, -0.1) is 0 Å². The fraction of sp³-hybridized carbons (Fsp3) is 0.455. The number of carbonyl (C=O) groups excluding carboxylic acids is 4. The molecule has 3 aromatic carbocycles. The van der Waals surface area contributed by atoms with Crippen molar-refractivity contribution in [3.63, 3.8) is 0 Å². The van der Waals surface area contributed by atoms with Crippen LogP contribution in [0.25, 0.3) is 10.9 Å². The van der Waals surface area contributed by atoms with E-state index in [1.54, 1.807) is 19.1 Å². The van der Waals surface area contributed by atoms with Crippen LogP contribution in [-0.2, 0) is 28.9 Å². The lowest BCUT2D eigenvalue weighted by Crippen LogP contribution is -2.61. The number of aromatic nitrogens is 1. The van der Waals surface area contributed by atoms with Crippen LogP contribution in [0.2, 0.25) is 0 Å². The summed E-state index contributed by atoms with van der Waals surface area (Å²) in [6.45, 7) is 4.20. The van der Waals surface area contributed by atoms with Crippen molar-refractivity contribution in [1.29, 1.82) is 0 Å². The Morgan fingerprint density at radius 1 is 0.864 bits per heavy atom. The molecule has 0 radical (unpaired) electrons. The molecule has 3 saturated heterocycles. The first kappa shape index (κ1) is 38.1. The Balaban J connectivity index is 0.783. The molecule has 10 nitrogen and oxygen atoms in total. The van der Waals surface area contributed by atoms with Gasteiger partial charge >= 0.3 is 6.18 Å². The molecule has 59 heavy (non-hydrogen) atoms. The lowest BCUT2D eigenvalue weighted by molar-refractivity contribution is -0.155. The average Bonchev–Trinajstić information content (AvgIpc) is 3.81. The fourth-order valence-electron chi connectivity index (χ4n) is 11.0. The Hall–Kier alpha value is -5.15. The molecule has 3 fully saturated rings. The lowest BCUT2D eigenvalue weighted by atomic mass is 9.71. The van der Waals surface area contributed by atoms with Gasteiger partial charge < -0.3 is 14.8 Å². The number of hydrogen-bond donors (Lipinski definition) is 2. The molecule has 2 N–H and O–H groups in total. The first-order valence-electron chi connectivity index (χ1n) is 20.4. The van der Waals surface area contributed by atoms with Crippen LogP contribution in [-0.4, -0.2) is 101 Å². The molecule has 4 amide bonds. The Kier molecular flexibility index (Phi) is 8.84. The molecule has 3 atom stereocenters. The largest absolute Gasteiger partial charge is 0.401 e. The van der Waals surface area contributed by atoms with Crippen LogP contribution in [0, 0.1) is 23.0 Å². The number of imide groups is 2. The summed E-state index contributed by atoms with van der Waals surface area (Å²) >= 11 is 0. The zero-order valence-corrected chi connectivity index (χ0v) is 32.4. The monoisotopic (exact) mass is 814 g/mol. The number of fused-ring (bicyclic) bond motifs is 5. The second kappa shape index (κ2) is 13.7. The summed E-state index contributed by atoms with van der Waals surface area (Å²) in [5, 5.41) is 3.07. The summed E-state index contributed by atoms with van der Waals surface area (Å²) in [5.74, 6) is -3.47. The van der Waals surface area contributed by atoms with E-state index in [9.17, 15) is 32.3 Å². The van der Waals surface area contributed by atoms with Crippen molar-refractivity contribution in [3.05, 3.63) is 99.2 Å². The van der Waals surface area contributed by atoms with E-state index in [1.807, 2.05) is 29.2 Å². The molecule has 6 aliphatic rings. The van der Waals surface area contributed by atoms with Crippen LogP contribution in [0.1, 0.15) is 87.3 Å². The van der Waals surface area contributed by atoms with E-state index in [1.165, 1.54) is 12.1 Å². The van der Waals surface area contributed by atoms with Crippen molar-refractivity contribution in [1.82, 2.24) is 25.0 Å². The van der Waals surface area contributed by atoms with Crippen LogP contribution in [0.3, 0.4) is 0 Å². The predicted molar refractivity (Wildman–Crippen MR) is 207 cm³/mol. The minimum Gasteiger partial charge on any atom is -0.371 e. The number of likely N-dealkylation sites (tertiary alicyclic amines) is 1. The van der Waals surface area contributed by atoms with E-state index < -0.39 is 66.1 Å². The van der Waals surface area contributed by atoms with Crippen LogP contribution in [0.4, 0.5) is 27.6 Å². The maximum absolute atomic E-state index is 16.3. The van der Waals surface area contributed by atoms with Gasteiger partial charge in [-0.25, -0.2) is 8.78 Å². The van der Waals surface area contributed by atoms with Gasteiger partial charge in [0.15, 0.2) is 0 Å². The fourth-order valence-corrected chi connectivity index (χ4v) is 11.0. The summed E-state index contributed by atoms with van der Waals surface area (Å²) in [4.78, 5) is 60.5. The molecule has 0 saturated carbocycles. The van der Waals surface area contributed by atoms with E-state index in [4.69, 9.17) is 0 Å². The Bertz CT molecular complexity index is 2380. The smallest absolute Gasteiger partial charge is 0.371 e. The molecule has 1 unspecified atom stereocenters. The number of halogens is 5. The molecule has 15 heteroatoms. The molecule has 1 aromatic heterocycles. The second-order valence-electron chi connectivity index (χ2n) is 17.7. The molecule has 1 spiro atoms. The molecule has 308 valence electrons. The summed E-state index contributed by atoms with van der Waals surface area (Å²) in [6.07, 6.45) is -0.880. The maximum Gasteiger partial charge on any atom is 0.401 e. The summed E-state index contributed by atoms with van der Waals surface area (Å²) < 4.78 is 74.3. The summed E-state index contributed by atoms with van der Waals surface area (Å²) in [7, 11) is 0. The molecule has 6 heterocycles. The van der Waals surface area contributed by atoms with Crippen molar-refractivity contribution < 1.29 is 41.1 Å². The topological polar surface area (TPSA) is 109 Å². The quantitative estimate of drug-likeness (QED) is 0.180. The summed E-state index contributed by atoms with van der Waals surface area (Å²) in [6, 6.07) is 10.6. The SMILES string of the molecule is C[C@@H]1Cc2c([nH]c3ccccc23)[C@@H](c2c(F)cc(N3CCC4(CC3)CN(CC3Cc5cc6c(cc5C3)C(=O)N(C3CCC(=O)NC3=O)C6=O)C4)cc2F)N1CC(F)(F)F. The third kappa shape index (κ3) is 6.42. The van der Waals surface area contributed by atoms with Crippen LogP contribution < -0.4 is 10.2 Å². The zero-order valence-electron chi connectivity index (χ0n) is 32.4. The second-order valence-corrected chi connectivity index (χ2v) is 17.7. The van der Waals surface area contributed by atoms with Crippen molar-refractivity contribution in [2.45, 2.75) is 76.2 Å². The first-order chi connectivity index (χ1) is 28.1. The number of benzene rings is 3. The highest BCUT2D eigenvalue weighted by Crippen LogP contribution is 2.46. The number of anilines is 1. The van der Waals surface area contributed by atoms with Gasteiger partial charge in [-0.1, -0.05) is 18.2 Å². The van der Waals surface area contributed by atoms with Gasteiger partial charge in [0.05, 0.1) is 23.7 Å². The van der Waals surface area contributed by atoms with Gasteiger partial charge in [0.2, 0.25) is 11.8 Å². The molecular formula is C44H43F5N6O4. The number of H-pyrrole nitrogens is 1. The molecule has 4 aromatic rings. The van der Waals surface area contributed by atoms with Crippen molar-refractivity contribution in [2.75, 3.05) is 44.2 Å². The molecular weight excluding hydrogens is 772 g/mol. The Morgan fingerprint density at radius 2 is 1.51 bits per heavy atom. The molecule has 1 aliphatic carbocycles. The van der Waals surface area contributed by atoms with E-state index in [0.717, 1.165) is 77.2 Å². The minimum atomic E-state index is -4.57. The van der Waals surface area contributed by atoms with Crippen molar-refractivity contribution >= 4 is 40.2 Å². The maximum atomic E-state index is 16.3. The van der Waals surface area contributed by atoms with Gasteiger partial charge in [-0.05, 0) is 104 Å². The number of amides is 4. The highest BCUT2D eigenvalue weighted by atomic mass is 19.4. The summed E-state index contributed by atoms with van der Waals surface area (Å²) in [5.41, 5.74) is 4.64. The average molecular weight is 815 g/mol. The van der Waals surface area contributed by atoms with Gasteiger partial charge in [0.1, 0.15) is 17.7 Å². The van der Waals surface area contributed by atoms with Crippen LogP contribution in [0.15, 0.2) is 48.5 Å². The number of nitrogens with one attached hydrogen (secondary N) is 2. The predicted octanol–water partition coefficient (Wildman–Crippen LogP) is 6.06. The number of rotatable bonds is 6. The number of nitrogens with zero attached hydrogens (tertiary/aromatic N) is 4. The van der Waals surface area contributed by atoms with E-state index >= 15 is 8.78 Å². The highest BCUT2D eigenvalue weighted by Gasteiger charge is 2.48. The van der Waals surface area contributed by atoms with E-state index in [0.29, 0.717) is 53.5 Å². The van der Waals surface area contributed by atoms with Gasteiger partial charge in [-0.2, -0.15) is 13.2 Å². The number of hydrogen-bond acceptors (Lipinski definition) is 7. The van der Waals surface area contributed by atoms with Gasteiger partial charge in [-0.3, -0.25) is 34.3 Å². The van der Waals surface area contributed by atoms with Crippen molar-refractivity contribution in [2.24, 2.45) is 11.3 Å². The van der Waals surface area contributed by atoms with Crippen LogP contribution >= 0.6 is 0 Å². The highest BCUT2D eigenvalue weighted by molar-refractivity contribution is 6.23. The first-order valence-corrected chi connectivity index (χ1v) is 20.4. The van der Waals surface area contributed by atoms with Gasteiger partial charge in [0, 0.05) is 73.0 Å². The third-order valence-corrected chi connectivity index (χ3v) is 13.8.